The highest BCUT2D eigenvalue weighted by atomic mass is 32.2. The molecule has 0 bridgehead atoms. The molecule has 0 radical (unpaired) electrons. The molecule has 1 aliphatic carbocycles. The smallest absolute Gasteiger partial charge is 0.279 e. The maximum Gasteiger partial charge on any atom is 0.279 e. The predicted molar refractivity (Wildman–Crippen MR) is 155 cm³/mol. The molecule has 2 fully saturated rings. The number of carbonyl (C=O) groups is 2. The van der Waals surface area contributed by atoms with Crippen LogP contribution >= 0.6 is 11.3 Å². The van der Waals surface area contributed by atoms with Crippen LogP contribution in [0.3, 0.4) is 0 Å². The molecule has 1 aromatic carbocycles. The average Bonchev–Trinajstić information content (AvgIpc) is 3.51. The molecule has 40 heavy (non-hydrogen) atoms. The van der Waals surface area contributed by atoms with Gasteiger partial charge in [-0.15, -0.1) is 11.3 Å². The molecule has 11 heteroatoms. The van der Waals surface area contributed by atoms with Gasteiger partial charge in [0.1, 0.15) is 5.69 Å². The van der Waals surface area contributed by atoms with Gasteiger partial charge in [0, 0.05) is 41.6 Å². The van der Waals surface area contributed by atoms with E-state index in [0.29, 0.717) is 17.1 Å². The molecule has 1 saturated carbocycles. The fourth-order valence-electron chi connectivity index (χ4n) is 5.61. The summed E-state index contributed by atoms with van der Waals surface area (Å²) in [4.78, 5) is 38.4. The highest BCUT2D eigenvalue weighted by Gasteiger charge is 2.37. The molecule has 2 aliphatic rings. The van der Waals surface area contributed by atoms with Crippen LogP contribution in [0.1, 0.15) is 79.7 Å². The Labute approximate surface area is 239 Å². The first-order valence-corrected chi connectivity index (χ1v) is 16.2. The highest BCUT2D eigenvalue weighted by Crippen LogP contribution is 2.34. The Bertz CT molecular complexity index is 1390. The summed E-state index contributed by atoms with van der Waals surface area (Å²) in [6, 6.07) is 8.96. The van der Waals surface area contributed by atoms with Crippen molar-refractivity contribution in [1.29, 1.82) is 0 Å². The summed E-state index contributed by atoms with van der Waals surface area (Å²) in [5.41, 5.74) is 0.492. The first-order chi connectivity index (χ1) is 19.4. The van der Waals surface area contributed by atoms with Crippen molar-refractivity contribution in [3.05, 3.63) is 70.9 Å². The van der Waals surface area contributed by atoms with E-state index in [1.54, 1.807) is 16.4 Å². The molecule has 3 aromatic rings. The van der Waals surface area contributed by atoms with E-state index in [4.69, 9.17) is 0 Å². The lowest BCUT2D eigenvalue weighted by molar-refractivity contribution is -0.123. The van der Waals surface area contributed by atoms with E-state index in [2.05, 4.69) is 15.3 Å². The van der Waals surface area contributed by atoms with Gasteiger partial charge < -0.3 is 5.32 Å². The number of hydrogen-bond donors (Lipinski definition) is 1. The van der Waals surface area contributed by atoms with Crippen molar-refractivity contribution in [2.45, 2.75) is 81.3 Å². The van der Waals surface area contributed by atoms with Crippen LogP contribution in [0.5, 0.6) is 0 Å². The second kappa shape index (κ2) is 12.6. The molecule has 1 saturated heterocycles. The Morgan fingerprint density at radius 2 is 1.77 bits per heavy atom. The monoisotopic (exact) mass is 581 g/mol. The van der Waals surface area contributed by atoms with Gasteiger partial charge in [-0.2, -0.15) is 4.31 Å². The van der Waals surface area contributed by atoms with Crippen LogP contribution in [0.15, 0.2) is 65.3 Å². The van der Waals surface area contributed by atoms with Crippen LogP contribution in [-0.2, 0) is 14.8 Å². The SMILES string of the molecule is C[C@H]1CCCCN1S(=O)(=O)c1ccc(N(C(=O)c2cnccn2)[C@@H](C(=O)NC2CCCCC2)c2cccs2)cc1. The van der Waals surface area contributed by atoms with E-state index in [0.717, 1.165) is 51.4 Å². The summed E-state index contributed by atoms with van der Waals surface area (Å²) in [5.74, 6) is -0.768. The molecule has 2 amide bonds. The number of benzene rings is 1. The van der Waals surface area contributed by atoms with Crippen molar-refractivity contribution < 1.29 is 18.0 Å². The van der Waals surface area contributed by atoms with Crippen LogP contribution in [0.4, 0.5) is 5.69 Å². The number of sulfonamides is 1. The van der Waals surface area contributed by atoms with Crippen LogP contribution in [0.2, 0.25) is 0 Å². The molecule has 212 valence electrons. The lowest BCUT2D eigenvalue weighted by Gasteiger charge is -2.33. The third-order valence-corrected chi connectivity index (χ3v) is 10.7. The minimum absolute atomic E-state index is 0.0521. The van der Waals surface area contributed by atoms with Gasteiger partial charge in [-0.25, -0.2) is 13.4 Å². The van der Waals surface area contributed by atoms with Gasteiger partial charge in [0.15, 0.2) is 6.04 Å². The Balaban J connectivity index is 1.53. The molecule has 5 rings (SSSR count). The first-order valence-electron chi connectivity index (χ1n) is 13.9. The molecule has 1 aliphatic heterocycles. The molecule has 9 nitrogen and oxygen atoms in total. The summed E-state index contributed by atoms with van der Waals surface area (Å²) in [6.45, 7) is 2.42. The number of piperidine rings is 1. The number of aromatic nitrogens is 2. The number of anilines is 1. The molecule has 0 spiro atoms. The number of amides is 2. The second-order valence-electron chi connectivity index (χ2n) is 10.5. The van der Waals surface area contributed by atoms with Gasteiger partial charge in [0.05, 0.1) is 11.1 Å². The van der Waals surface area contributed by atoms with Crippen LogP contribution in [-0.4, -0.2) is 53.1 Å². The maximum atomic E-state index is 14.0. The maximum absolute atomic E-state index is 14.0. The standard InChI is InChI=1S/C29H35N5O4S2/c1-21-8-5-6-18-33(21)40(37,38)24-14-12-23(13-15-24)34(29(36)25-20-30-16-17-31-25)27(26-11-7-19-39-26)28(35)32-22-9-3-2-4-10-22/h7,11-17,19-22,27H,2-6,8-10,18H2,1H3,(H,32,35)/t21-,27+/m0/s1. The summed E-state index contributed by atoms with van der Waals surface area (Å²) < 4.78 is 28.5. The first kappa shape index (κ1) is 28.4. The Morgan fingerprint density at radius 3 is 2.42 bits per heavy atom. The van der Waals surface area contributed by atoms with E-state index in [-0.39, 0.29) is 28.6 Å². The Morgan fingerprint density at radius 1 is 1.02 bits per heavy atom. The van der Waals surface area contributed by atoms with Gasteiger partial charge in [-0.05, 0) is 68.3 Å². The normalized spacial score (nSPS) is 19.6. The van der Waals surface area contributed by atoms with E-state index < -0.39 is 22.0 Å². The van der Waals surface area contributed by atoms with Crippen LogP contribution in [0, 0.1) is 0 Å². The van der Waals surface area contributed by atoms with Crippen LogP contribution < -0.4 is 10.2 Å². The summed E-state index contributed by atoms with van der Waals surface area (Å²) in [5, 5.41) is 5.05. The Kier molecular flexibility index (Phi) is 8.92. The quantitative estimate of drug-likeness (QED) is 0.403. The lowest BCUT2D eigenvalue weighted by Crippen LogP contribution is -2.47. The van der Waals surface area contributed by atoms with Gasteiger partial charge in [0.2, 0.25) is 15.9 Å². The molecular formula is C29H35N5O4S2. The molecular weight excluding hydrogens is 546 g/mol. The highest BCUT2D eigenvalue weighted by molar-refractivity contribution is 7.89. The number of nitrogens with zero attached hydrogens (tertiary/aromatic N) is 4. The van der Waals surface area contributed by atoms with E-state index in [1.807, 2.05) is 24.4 Å². The average molecular weight is 582 g/mol. The lowest BCUT2D eigenvalue weighted by atomic mass is 9.95. The molecule has 2 aromatic heterocycles. The molecule has 2 atom stereocenters. The minimum atomic E-state index is -3.69. The third kappa shape index (κ3) is 6.11. The summed E-state index contributed by atoms with van der Waals surface area (Å²) >= 11 is 1.39. The fraction of sp³-hybridized carbons (Fsp3) is 0.448. The van der Waals surface area contributed by atoms with E-state index in [9.17, 15) is 18.0 Å². The van der Waals surface area contributed by atoms with Crippen molar-refractivity contribution in [2.24, 2.45) is 0 Å². The van der Waals surface area contributed by atoms with E-state index >= 15 is 0 Å². The largest absolute Gasteiger partial charge is 0.351 e. The summed E-state index contributed by atoms with van der Waals surface area (Å²) in [6.07, 6.45) is 12.0. The van der Waals surface area contributed by atoms with Crippen molar-refractivity contribution in [1.82, 2.24) is 19.6 Å². The van der Waals surface area contributed by atoms with Gasteiger partial charge >= 0.3 is 0 Å². The number of rotatable bonds is 8. The predicted octanol–water partition coefficient (Wildman–Crippen LogP) is 4.94. The fourth-order valence-corrected chi connectivity index (χ4v) is 8.12. The minimum Gasteiger partial charge on any atom is -0.351 e. The van der Waals surface area contributed by atoms with Crippen molar-refractivity contribution in [3.8, 4) is 0 Å². The number of thiophene rings is 1. The number of carbonyl (C=O) groups excluding carboxylic acids is 2. The van der Waals surface area contributed by atoms with E-state index in [1.165, 1.54) is 47.0 Å². The van der Waals surface area contributed by atoms with Crippen molar-refractivity contribution >= 4 is 38.9 Å². The zero-order valence-electron chi connectivity index (χ0n) is 22.6. The number of hydrogen-bond acceptors (Lipinski definition) is 7. The second-order valence-corrected chi connectivity index (χ2v) is 13.4. The van der Waals surface area contributed by atoms with Crippen LogP contribution in [0.25, 0.3) is 0 Å². The van der Waals surface area contributed by atoms with Gasteiger partial charge in [0.25, 0.3) is 5.91 Å². The molecule has 3 heterocycles. The third-order valence-electron chi connectivity index (χ3n) is 7.74. The molecule has 1 N–H and O–H groups in total. The van der Waals surface area contributed by atoms with Gasteiger partial charge in [-0.3, -0.25) is 19.5 Å². The van der Waals surface area contributed by atoms with Crippen molar-refractivity contribution in [3.63, 3.8) is 0 Å². The topological polar surface area (TPSA) is 113 Å². The number of nitrogens with one attached hydrogen (secondary N) is 1. The zero-order valence-corrected chi connectivity index (χ0v) is 24.2. The Hall–Kier alpha value is -3.15. The summed E-state index contributed by atoms with van der Waals surface area (Å²) in [7, 11) is -3.69. The van der Waals surface area contributed by atoms with Gasteiger partial charge in [-0.1, -0.05) is 31.7 Å². The zero-order chi connectivity index (χ0) is 28.1. The van der Waals surface area contributed by atoms with Crippen molar-refractivity contribution in [2.75, 3.05) is 11.4 Å². The molecule has 0 unspecified atom stereocenters.